The Morgan fingerprint density at radius 3 is 2.62 bits per heavy atom. The first-order chi connectivity index (χ1) is 10.2. The largest absolute Gasteiger partial charge is 0.388 e. The van der Waals surface area contributed by atoms with Crippen LogP contribution in [0.25, 0.3) is 11.0 Å². The summed E-state index contributed by atoms with van der Waals surface area (Å²) in [5.41, 5.74) is 3.09. The third-order valence-electron chi connectivity index (χ3n) is 3.69. The summed E-state index contributed by atoms with van der Waals surface area (Å²) in [4.78, 5) is 4.68. The molecule has 1 unspecified atom stereocenters. The van der Waals surface area contributed by atoms with Crippen molar-refractivity contribution in [1.29, 1.82) is 0 Å². The van der Waals surface area contributed by atoms with Gasteiger partial charge in [0.15, 0.2) is 0 Å². The summed E-state index contributed by atoms with van der Waals surface area (Å²) in [6.45, 7) is 2.96. The first-order valence-corrected chi connectivity index (χ1v) is 8.15. The average molecular weight is 392 g/mol. The third kappa shape index (κ3) is 2.82. The summed E-state index contributed by atoms with van der Waals surface area (Å²) >= 11 is 2.26. The molecule has 1 atom stereocenters. The minimum absolute atomic E-state index is 0.528. The van der Waals surface area contributed by atoms with E-state index in [0.717, 1.165) is 32.5 Å². The van der Waals surface area contributed by atoms with Crippen molar-refractivity contribution >= 4 is 33.6 Å². The lowest BCUT2D eigenvalue weighted by molar-refractivity contribution is 0.174. The standard InChI is InChI=1S/C17H17IN2O/c1-2-20-15-10-6-5-9-14(15)19-17(20)11-16(21)12-7-3-4-8-13(12)18/h3-10,16,21H,2,11H2,1H3. The normalized spacial score (nSPS) is 12.7. The number of hydrogen-bond acceptors (Lipinski definition) is 2. The zero-order valence-corrected chi connectivity index (χ0v) is 14.0. The quantitative estimate of drug-likeness (QED) is 0.684. The molecule has 4 heteroatoms. The van der Waals surface area contributed by atoms with Crippen LogP contribution in [0.1, 0.15) is 24.4 Å². The second kappa shape index (κ2) is 6.15. The number of aromatic nitrogens is 2. The van der Waals surface area contributed by atoms with Gasteiger partial charge in [0.2, 0.25) is 0 Å². The Balaban J connectivity index is 1.96. The van der Waals surface area contributed by atoms with Crippen LogP contribution >= 0.6 is 22.6 Å². The number of halogens is 1. The van der Waals surface area contributed by atoms with Crippen LogP contribution < -0.4 is 0 Å². The highest BCUT2D eigenvalue weighted by atomic mass is 127. The second-order valence-corrected chi connectivity index (χ2v) is 6.16. The van der Waals surface area contributed by atoms with Gasteiger partial charge in [-0.1, -0.05) is 30.3 Å². The summed E-state index contributed by atoms with van der Waals surface area (Å²) in [6, 6.07) is 16.1. The minimum atomic E-state index is -0.528. The second-order valence-electron chi connectivity index (χ2n) is 5.00. The molecule has 0 aliphatic carbocycles. The molecular weight excluding hydrogens is 375 g/mol. The van der Waals surface area contributed by atoms with Crippen molar-refractivity contribution in [2.24, 2.45) is 0 Å². The van der Waals surface area contributed by atoms with E-state index in [4.69, 9.17) is 0 Å². The Morgan fingerprint density at radius 1 is 1.14 bits per heavy atom. The Labute approximate surface area is 137 Å². The van der Waals surface area contributed by atoms with Gasteiger partial charge < -0.3 is 9.67 Å². The molecule has 1 N–H and O–H groups in total. The number of imidazole rings is 1. The van der Waals surface area contributed by atoms with Crippen LogP contribution in [0.4, 0.5) is 0 Å². The first-order valence-electron chi connectivity index (χ1n) is 7.07. The molecule has 0 saturated carbocycles. The maximum Gasteiger partial charge on any atom is 0.112 e. The lowest BCUT2D eigenvalue weighted by atomic mass is 10.1. The monoisotopic (exact) mass is 392 g/mol. The number of para-hydroxylation sites is 2. The van der Waals surface area contributed by atoms with Crippen LogP contribution in [0.3, 0.4) is 0 Å². The smallest absolute Gasteiger partial charge is 0.112 e. The van der Waals surface area contributed by atoms with Crippen molar-refractivity contribution in [3.05, 3.63) is 63.5 Å². The summed E-state index contributed by atoms with van der Waals surface area (Å²) < 4.78 is 3.26. The van der Waals surface area contributed by atoms with Gasteiger partial charge in [0.25, 0.3) is 0 Å². The van der Waals surface area contributed by atoms with Crippen LogP contribution in [0.15, 0.2) is 48.5 Å². The van der Waals surface area contributed by atoms with Gasteiger partial charge in [-0.3, -0.25) is 0 Å². The molecule has 108 valence electrons. The van der Waals surface area contributed by atoms with E-state index in [-0.39, 0.29) is 0 Å². The summed E-state index contributed by atoms with van der Waals surface area (Å²) in [6.07, 6.45) is 0.00271. The van der Waals surface area contributed by atoms with Crippen molar-refractivity contribution in [3.63, 3.8) is 0 Å². The lowest BCUT2D eigenvalue weighted by Gasteiger charge is -2.13. The van der Waals surface area contributed by atoms with Gasteiger partial charge in [-0.15, -0.1) is 0 Å². The molecule has 0 spiro atoms. The molecule has 0 aliphatic rings. The first kappa shape index (κ1) is 14.5. The van der Waals surface area contributed by atoms with Crippen molar-refractivity contribution in [1.82, 2.24) is 9.55 Å². The fraction of sp³-hybridized carbons (Fsp3) is 0.235. The zero-order valence-electron chi connectivity index (χ0n) is 11.8. The van der Waals surface area contributed by atoms with Crippen LogP contribution in [0, 0.1) is 3.57 Å². The Bertz CT molecular complexity index is 766. The number of aliphatic hydroxyl groups is 1. The molecule has 0 fully saturated rings. The molecule has 3 nitrogen and oxygen atoms in total. The van der Waals surface area contributed by atoms with Crippen LogP contribution in [-0.2, 0) is 13.0 Å². The number of hydrogen-bond donors (Lipinski definition) is 1. The highest BCUT2D eigenvalue weighted by Crippen LogP contribution is 2.25. The summed E-state index contributed by atoms with van der Waals surface area (Å²) in [5, 5.41) is 10.5. The molecule has 3 aromatic rings. The van der Waals surface area contributed by atoms with E-state index < -0.39 is 6.10 Å². The van der Waals surface area contributed by atoms with Crippen LogP contribution in [-0.4, -0.2) is 14.7 Å². The van der Waals surface area contributed by atoms with Crippen LogP contribution in [0.2, 0.25) is 0 Å². The maximum absolute atomic E-state index is 10.5. The Kier molecular flexibility index (Phi) is 4.26. The molecule has 0 saturated heterocycles. The average Bonchev–Trinajstić information content (AvgIpc) is 2.84. The molecule has 0 aliphatic heterocycles. The molecule has 1 aromatic heterocycles. The number of rotatable bonds is 4. The number of aliphatic hydroxyl groups excluding tert-OH is 1. The highest BCUT2D eigenvalue weighted by molar-refractivity contribution is 14.1. The van der Waals surface area contributed by atoms with Gasteiger partial charge in [-0.25, -0.2) is 4.98 Å². The molecule has 0 amide bonds. The van der Waals surface area contributed by atoms with Gasteiger partial charge in [0, 0.05) is 16.5 Å². The molecule has 3 rings (SSSR count). The van der Waals surface area contributed by atoms with Crippen molar-refractivity contribution in [3.8, 4) is 0 Å². The predicted octanol–water partition coefficient (Wildman–Crippen LogP) is 3.94. The molecule has 21 heavy (non-hydrogen) atoms. The highest BCUT2D eigenvalue weighted by Gasteiger charge is 2.16. The molecule has 1 heterocycles. The Morgan fingerprint density at radius 2 is 1.86 bits per heavy atom. The molecule has 0 radical (unpaired) electrons. The van der Waals surface area contributed by atoms with E-state index in [2.05, 4.69) is 45.1 Å². The lowest BCUT2D eigenvalue weighted by Crippen LogP contribution is -2.09. The van der Waals surface area contributed by atoms with E-state index in [0.29, 0.717) is 6.42 Å². The van der Waals surface area contributed by atoms with Gasteiger partial charge in [-0.2, -0.15) is 0 Å². The van der Waals surface area contributed by atoms with Gasteiger partial charge in [-0.05, 0) is 53.3 Å². The molecule has 0 bridgehead atoms. The number of benzene rings is 2. The number of fused-ring (bicyclic) bond motifs is 1. The topological polar surface area (TPSA) is 38.0 Å². The van der Waals surface area contributed by atoms with Gasteiger partial charge >= 0.3 is 0 Å². The van der Waals surface area contributed by atoms with E-state index in [1.165, 1.54) is 0 Å². The molecular formula is C17H17IN2O. The van der Waals surface area contributed by atoms with E-state index in [9.17, 15) is 5.11 Å². The summed E-state index contributed by atoms with van der Waals surface area (Å²) in [5.74, 6) is 0.936. The summed E-state index contributed by atoms with van der Waals surface area (Å²) in [7, 11) is 0. The molecule has 2 aromatic carbocycles. The van der Waals surface area contributed by atoms with E-state index in [1.807, 2.05) is 42.5 Å². The van der Waals surface area contributed by atoms with Gasteiger partial charge in [0.05, 0.1) is 17.1 Å². The fourth-order valence-corrected chi connectivity index (χ4v) is 3.41. The third-order valence-corrected chi connectivity index (χ3v) is 4.67. The SMILES string of the molecule is CCn1c(CC(O)c2ccccc2I)nc2ccccc21. The minimum Gasteiger partial charge on any atom is -0.388 e. The van der Waals surface area contributed by atoms with Crippen molar-refractivity contribution in [2.75, 3.05) is 0 Å². The van der Waals surface area contributed by atoms with Crippen molar-refractivity contribution < 1.29 is 5.11 Å². The predicted molar refractivity (Wildman–Crippen MR) is 93.2 cm³/mol. The van der Waals surface area contributed by atoms with Crippen LogP contribution in [0.5, 0.6) is 0 Å². The van der Waals surface area contributed by atoms with Crippen molar-refractivity contribution in [2.45, 2.75) is 26.0 Å². The zero-order chi connectivity index (χ0) is 14.8. The maximum atomic E-state index is 10.5. The van der Waals surface area contributed by atoms with E-state index >= 15 is 0 Å². The van der Waals surface area contributed by atoms with E-state index in [1.54, 1.807) is 0 Å². The number of nitrogens with zero attached hydrogens (tertiary/aromatic N) is 2. The van der Waals surface area contributed by atoms with Gasteiger partial charge in [0.1, 0.15) is 5.82 Å². The fourth-order valence-electron chi connectivity index (χ4n) is 2.66. The number of aryl methyl sites for hydroxylation is 1. The Hall–Kier alpha value is -1.40.